The van der Waals surface area contributed by atoms with Crippen LogP contribution in [0.15, 0.2) is 29.2 Å². The summed E-state index contributed by atoms with van der Waals surface area (Å²) < 4.78 is 24.8. The van der Waals surface area contributed by atoms with Gasteiger partial charge in [0.2, 0.25) is 10.0 Å². The molecule has 0 unspecified atom stereocenters. The first-order valence-corrected chi connectivity index (χ1v) is 8.52. The molecule has 0 radical (unpaired) electrons. The number of aryl methyl sites for hydroxylation is 1. The smallest absolute Gasteiger partial charge is 0.322 e. The molecular formula is C13H15Cl2NO5S. The van der Waals surface area contributed by atoms with Crippen molar-refractivity contribution < 1.29 is 23.1 Å². The molecule has 0 saturated carbocycles. The van der Waals surface area contributed by atoms with E-state index in [-0.39, 0.29) is 11.4 Å². The third-order valence-electron chi connectivity index (χ3n) is 3.12. The molecule has 1 fully saturated rings. The van der Waals surface area contributed by atoms with Gasteiger partial charge in [-0.15, -0.1) is 0 Å². The molecule has 1 saturated heterocycles. The molecule has 1 aliphatic heterocycles. The Bertz CT molecular complexity index is 641. The number of hydrogen-bond donors (Lipinski definition) is 1. The van der Waals surface area contributed by atoms with Crippen LogP contribution < -0.4 is 0 Å². The molecule has 2 rings (SSSR count). The van der Waals surface area contributed by atoms with Gasteiger partial charge in [-0.3, -0.25) is 9.59 Å². The van der Waals surface area contributed by atoms with Crippen LogP contribution >= 0.6 is 23.2 Å². The van der Waals surface area contributed by atoms with Crippen LogP contribution in [0.4, 0.5) is 4.79 Å². The van der Waals surface area contributed by atoms with E-state index in [1.165, 1.54) is 12.1 Å². The highest BCUT2D eigenvalue weighted by molar-refractivity contribution is 7.89. The van der Waals surface area contributed by atoms with Crippen LogP contribution in [-0.4, -0.2) is 41.1 Å². The highest BCUT2D eigenvalue weighted by Crippen LogP contribution is 2.26. The van der Waals surface area contributed by atoms with Crippen molar-refractivity contribution in [3.05, 3.63) is 29.8 Å². The average molecular weight is 368 g/mol. The van der Waals surface area contributed by atoms with E-state index in [0.717, 1.165) is 9.87 Å². The summed E-state index contributed by atoms with van der Waals surface area (Å²) in [5.41, 5.74) is 0.963. The van der Waals surface area contributed by atoms with Crippen molar-refractivity contribution in [1.29, 1.82) is 0 Å². The number of aliphatic carboxylic acids is 1. The van der Waals surface area contributed by atoms with Crippen molar-refractivity contribution in [2.24, 2.45) is 0 Å². The number of sulfonamides is 1. The van der Waals surface area contributed by atoms with E-state index in [1.807, 2.05) is 6.92 Å². The van der Waals surface area contributed by atoms with Gasteiger partial charge in [-0.2, -0.15) is 4.31 Å². The number of carboxylic acid groups (broad SMARTS) is 1. The molecule has 0 amide bonds. The van der Waals surface area contributed by atoms with Crippen LogP contribution in [0.1, 0.15) is 18.4 Å². The van der Waals surface area contributed by atoms with Gasteiger partial charge < -0.3 is 5.11 Å². The van der Waals surface area contributed by atoms with Crippen molar-refractivity contribution >= 4 is 43.9 Å². The first kappa shape index (κ1) is 18.9. The predicted octanol–water partition coefficient (Wildman–Crippen LogP) is 2.82. The number of carbonyl (C=O) groups is 2. The van der Waals surface area contributed by atoms with Gasteiger partial charge in [-0.1, -0.05) is 17.7 Å². The van der Waals surface area contributed by atoms with Crippen molar-refractivity contribution in [3.63, 3.8) is 0 Å². The molecule has 6 nitrogen and oxygen atoms in total. The predicted molar refractivity (Wildman–Crippen MR) is 82.8 cm³/mol. The second-order valence-corrected chi connectivity index (χ2v) is 7.42. The van der Waals surface area contributed by atoms with E-state index >= 15 is 0 Å². The number of carbonyl (C=O) groups excluding carboxylic acids is 1. The van der Waals surface area contributed by atoms with E-state index in [0.29, 0.717) is 12.8 Å². The molecule has 1 N–H and O–H groups in total. The Morgan fingerprint density at radius 2 is 1.73 bits per heavy atom. The van der Waals surface area contributed by atoms with Gasteiger partial charge in [0.25, 0.3) is 0 Å². The Labute approximate surface area is 138 Å². The van der Waals surface area contributed by atoms with Crippen LogP contribution in [0, 0.1) is 6.92 Å². The second kappa shape index (κ2) is 7.92. The summed E-state index contributed by atoms with van der Waals surface area (Å²) in [5.74, 6) is -1.08. The van der Waals surface area contributed by atoms with E-state index in [2.05, 4.69) is 23.2 Å². The zero-order chi connectivity index (χ0) is 16.9. The lowest BCUT2D eigenvalue weighted by Gasteiger charge is -2.20. The molecule has 0 aromatic heterocycles. The van der Waals surface area contributed by atoms with Gasteiger partial charge in [0.15, 0.2) is 0 Å². The number of nitrogens with zero attached hydrogens (tertiary/aromatic N) is 1. The van der Waals surface area contributed by atoms with E-state index < -0.39 is 26.7 Å². The molecule has 0 bridgehead atoms. The highest BCUT2D eigenvalue weighted by Gasteiger charge is 2.39. The minimum Gasteiger partial charge on any atom is -0.480 e. The zero-order valence-electron chi connectivity index (χ0n) is 11.7. The van der Waals surface area contributed by atoms with Gasteiger partial charge in [-0.25, -0.2) is 8.42 Å². The largest absolute Gasteiger partial charge is 0.480 e. The lowest BCUT2D eigenvalue weighted by molar-refractivity contribution is -0.140. The number of carboxylic acids is 1. The average Bonchev–Trinajstić information content (AvgIpc) is 2.88. The summed E-state index contributed by atoms with van der Waals surface area (Å²) in [6, 6.07) is 5.51. The third-order valence-corrected chi connectivity index (χ3v) is 5.04. The maximum absolute atomic E-state index is 12.3. The highest BCUT2D eigenvalue weighted by atomic mass is 35.5. The van der Waals surface area contributed by atoms with Crippen LogP contribution in [0.25, 0.3) is 0 Å². The number of hydrogen-bond acceptors (Lipinski definition) is 4. The number of rotatable bonds is 3. The van der Waals surface area contributed by atoms with E-state index in [9.17, 15) is 13.2 Å². The summed E-state index contributed by atoms with van der Waals surface area (Å²) in [7, 11) is -3.70. The van der Waals surface area contributed by atoms with Crippen molar-refractivity contribution in [3.8, 4) is 0 Å². The van der Waals surface area contributed by atoms with E-state index in [1.54, 1.807) is 12.1 Å². The molecule has 1 aliphatic rings. The monoisotopic (exact) mass is 367 g/mol. The minimum atomic E-state index is -3.70. The Hall–Kier alpha value is -1.15. The van der Waals surface area contributed by atoms with Crippen LogP contribution in [0.3, 0.4) is 0 Å². The van der Waals surface area contributed by atoms with E-state index in [4.69, 9.17) is 9.90 Å². The standard InChI is InChI=1S/C12H15NO4S.CCl2O/c1-9-4-6-10(7-5-9)18(16,17)13-8-2-3-11(13)12(14)15;2-1(3)4/h4-7,11H,2-3,8H2,1H3,(H,14,15);/t11-;/m0./s1. The molecule has 22 heavy (non-hydrogen) atoms. The molecule has 1 aromatic rings. The SMILES string of the molecule is Cc1ccc(S(=O)(=O)N2CCC[C@H]2C(=O)O)cc1.O=C(Cl)Cl. The Kier molecular flexibility index (Phi) is 6.80. The summed E-state index contributed by atoms with van der Waals surface area (Å²) in [6.45, 7) is 2.14. The molecule has 1 atom stereocenters. The molecular weight excluding hydrogens is 353 g/mol. The lowest BCUT2D eigenvalue weighted by Crippen LogP contribution is -2.40. The fourth-order valence-electron chi connectivity index (χ4n) is 2.12. The summed E-state index contributed by atoms with van der Waals surface area (Å²) >= 11 is 8.80. The summed E-state index contributed by atoms with van der Waals surface area (Å²) in [4.78, 5) is 20.2. The fourth-order valence-corrected chi connectivity index (χ4v) is 3.77. The fraction of sp³-hybridized carbons (Fsp3) is 0.385. The summed E-state index contributed by atoms with van der Waals surface area (Å²) in [6.07, 6.45) is 0.961. The van der Waals surface area contributed by atoms with Crippen molar-refractivity contribution in [2.75, 3.05) is 6.54 Å². The van der Waals surface area contributed by atoms with Gasteiger partial charge >= 0.3 is 10.7 Å². The second-order valence-electron chi connectivity index (χ2n) is 4.65. The van der Waals surface area contributed by atoms with Gasteiger partial charge in [0.05, 0.1) is 4.90 Å². The maximum Gasteiger partial charge on any atom is 0.322 e. The van der Waals surface area contributed by atoms with Gasteiger partial charge in [0.1, 0.15) is 6.04 Å². The van der Waals surface area contributed by atoms with Crippen LogP contribution in [0.2, 0.25) is 0 Å². The topological polar surface area (TPSA) is 91.8 Å². The summed E-state index contributed by atoms with van der Waals surface area (Å²) in [5, 5.41) is 9.03. The number of benzene rings is 1. The molecule has 1 heterocycles. The molecule has 0 spiro atoms. The zero-order valence-corrected chi connectivity index (χ0v) is 14.0. The third kappa shape index (κ3) is 4.95. The lowest BCUT2D eigenvalue weighted by atomic mass is 10.2. The first-order valence-electron chi connectivity index (χ1n) is 6.32. The quantitative estimate of drug-likeness (QED) is 0.829. The van der Waals surface area contributed by atoms with Crippen LogP contribution in [-0.2, 0) is 14.8 Å². The Morgan fingerprint density at radius 3 is 2.18 bits per heavy atom. The maximum atomic E-state index is 12.3. The molecule has 122 valence electrons. The first-order chi connectivity index (χ1) is 10.2. The Balaban J connectivity index is 0.000000541. The number of halogens is 2. The molecule has 0 aliphatic carbocycles. The van der Waals surface area contributed by atoms with Crippen molar-refractivity contribution in [1.82, 2.24) is 4.31 Å². The van der Waals surface area contributed by atoms with Crippen LogP contribution in [0.5, 0.6) is 0 Å². The minimum absolute atomic E-state index is 0.154. The van der Waals surface area contributed by atoms with Crippen molar-refractivity contribution in [2.45, 2.75) is 30.7 Å². The van der Waals surface area contributed by atoms with Gasteiger partial charge in [-0.05, 0) is 55.1 Å². The molecule has 9 heteroatoms. The van der Waals surface area contributed by atoms with Gasteiger partial charge in [0, 0.05) is 6.54 Å². The Morgan fingerprint density at radius 1 is 1.23 bits per heavy atom. The molecule has 1 aromatic carbocycles. The normalized spacial score (nSPS) is 18.4.